The van der Waals surface area contributed by atoms with Crippen LogP contribution in [0.4, 0.5) is 0 Å². The van der Waals surface area contributed by atoms with E-state index < -0.39 is 0 Å². The van der Waals surface area contributed by atoms with Crippen molar-refractivity contribution in [2.75, 3.05) is 26.2 Å². The van der Waals surface area contributed by atoms with E-state index in [0.717, 1.165) is 37.3 Å². The van der Waals surface area contributed by atoms with Crippen molar-refractivity contribution in [2.45, 2.75) is 13.8 Å². The number of ketones is 2. The molecule has 1 heterocycles. The largest absolute Gasteiger partial charge is 0.374 e. The number of rotatable bonds is 6. The monoisotopic (exact) mass is 374 g/mol. The lowest BCUT2D eigenvalue weighted by molar-refractivity contribution is 0.103. The highest BCUT2D eigenvalue weighted by atomic mass is 16.1. The summed E-state index contributed by atoms with van der Waals surface area (Å²) in [6.45, 7) is 7.29. The molecule has 0 unspecified atom stereocenters. The fraction of sp³-hybridized carbons (Fsp3) is 0.250. The number of hydrogen-bond donors (Lipinski definition) is 0. The lowest BCUT2D eigenvalue weighted by Gasteiger charge is -2.33. The molecule has 0 spiro atoms. The molecule has 0 atom stereocenters. The average Bonchev–Trinajstić information content (AvgIpc) is 2.72. The number of piperazine rings is 1. The summed E-state index contributed by atoms with van der Waals surface area (Å²) < 4.78 is 0. The second-order valence-electron chi connectivity index (χ2n) is 7.16. The molecule has 1 saturated heterocycles. The predicted molar refractivity (Wildman–Crippen MR) is 112 cm³/mol. The van der Waals surface area contributed by atoms with Gasteiger partial charge in [0.25, 0.3) is 0 Å². The van der Waals surface area contributed by atoms with Crippen molar-refractivity contribution in [1.29, 1.82) is 0 Å². The molecule has 4 heteroatoms. The van der Waals surface area contributed by atoms with E-state index in [-0.39, 0.29) is 11.6 Å². The highest BCUT2D eigenvalue weighted by molar-refractivity contribution is 6.04. The zero-order chi connectivity index (χ0) is 19.9. The standard InChI is InChI=1S/C24H26N2O2/c1-19-3-7-21(8-4-19)23(27)11-13-25-15-17-26(18-16-25)14-12-24(28)22-9-5-20(2)6-10-22/h3-14H,15-18H2,1-2H3. The van der Waals surface area contributed by atoms with Crippen molar-refractivity contribution in [2.24, 2.45) is 0 Å². The van der Waals surface area contributed by atoms with Crippen molar-refractivity contribution >= 4 is 11.6 Å². The Kier molecular flexibility index (Phi) is 6.43. The Morgan fingerprint density at radius 2 is 0.964 bits per heavy atom. The molecule has 0 N–H and O–H groups in total. The summed E-state index contributed by atoms with van der Waals surface area (Å²) in [5, 5.41) is 0. The van der Waals surface area contributed by atoms with Crippen LogP contribution < -0.4 is 0 Å². The van der Waals surface area contributed by atoms with Crippen LogP contribution in [-0.2, 0) is 0 Å². The Morgan fingerprint density at radius 3 is 1.29 bits per heavy atom. The van der Waals surface area contributed by atoms with Gasteiger partial charge in [-0.25, -0.2) is 0 Å². The van der Waals surface area contributed by atoms with Crippen LogP contribution in [0.2, 0.25) is 0 Å². The third-order valence-electron chi connectivity index (χ3n) is 4.89. The smallest absolute Gasteiger partial charge is 0.187 e. The molecule has 0 amide bonds. The van der Waals surface area contributed by atoms with Gasteiger partial charge in [-0.3, -0.25) is 9.59 Å². The van der Waals surface area contributed by atoms with Crippen molar-refractivity contribution in [3.8, 4) is 0 Å². The highest BCUT2D eigenvalue weighted by Crippen LogP contribution is 2.08. The van der Waals surface area contributed by atoms with Crippen LogP contribution in [0.25, 0.3) is 0 Å². The minimum atomic E-state index is 0.0195. The number of allylic oxidation sites excluding steroid dienone is 2. The van der Waals surface area contributed by atoms with Crippen LogP contribution >= 0.6 is 0 Å². The fourth-order valence-corrected chi connectivity index (χ4v) is 3.01. The van der Waals surface area contributed by atoms with Crippen molar-refractivity contribution < 1.29 is 9.59 Å². The van der Waals surface area contributed by atoms with Gasteiger partial charge >= 0.3 is 0 Å². The van der Waals surface area contributed by atoms with E-state index >= 15 is 0 Å². The summed E-state index contributed by atoms with van der Waals surface area (Å²) in [6.07, 6.45) is 7.02. The van der Waals surface area contributed by atoms with Crippen LogP contribution in [0.5, 0.6) is 0 Å². The fourth-order valence-electron chi connectivity index (χ4n) is 3.01. The molecule has 1 aliphatic rings. The maximum atomic E-state index is 12.2. The Balaban J connectivity index is 1.47. The summed E-state index contributed by atoms with van der Waals surface area (Å²) in [7, 11) is 0. The normalized spacial score (nSPS) is 14.8. The molecule has 0 aliphatic carbocycles. The van der Waals surface area contributed by atoms with Crippen LogP contribution in [0.3, 0.4) is 0 Å². The molecule has 0 bridgehead atoms. The summed E-state index contributed by atoms with van der Waals surface area (Å²) in [5.41, 5.74) is 3.70. The van der Waals surface area contributed by atoms with Gasteiger partial charge < -0.3 is 9.80 Å². The van der Waals surface area contributed by atoms with Gasteiger partial charge in [-0.15, -0.1) is 0 Å². The number of aryl methyl sites for hydroxylation is 2. The van der Waals surface area contributed by atoms with Gasteiger partial charge in [-0.05, 0) is 13.8 Å². The third kappa shape index (κ3) is 5.43. The van der Waals surface area contributed by atoms with Crippen molar-refractivity contribution in [3.63, 3.8) is 0 Å². The maximum absolute atomic E-state index is 12.2. The molecule has 2 aromatic carbocycles. The molecule has 0 radical (unpaired) electrons. The minimum Gasteiger partial charge on any atom is -0.374 e. The van der Waals surface area contributed by atoms with Crippen LogP contribution in [-0.4, -0.2) is 47.5 Å². The Morgan fingerprint density at radius 1 is 0.643 bits per heavy atom. The highest BCUT2D eigenvalue weighted by Gasteiger charge is 2.12. The summed E-state index contributed by atoms with van der Waals surface area (Å²) in [5.74, 6) is 0.0389. The second kappa shape index (κ2) is 9.18. The quantitative estimate of drug-likeness (QED) is 0.566. The topological polar surface area (TPSA) is 40.6 Å². The number of nitrogens with zero attached hydrogens (tertiary/aromatic N) is 2. The molecule has 3 rings (SSSR count). The average molecular weight is 374 g/mol. The lowest BCUT2D eigenvalue weighted by Crippen LogP contribution is -2.41. The molecule has 28 heavy (non-hydrogen) atoms. The molecule has 2 aromatic rings. The molecular weight excluding hydrogens is 348 g/mol. The van der Waals surface area contributed by atoms with Crippen LogP contribution in [0, 0.1) is 13.8 Å². The SMILES string of the molecule is Cc1ccc(C(=O)C=CN2CCN(C=CC(=O)c3ccc(C)cc3)CC2)cc1. The zero-order valence-electron chi connectivity index (χ0n) is 16.5. The number of carbonyl (C=O) groups is 2. The van der Waals surface area contributed by atoms with E-state index in [1.54, 1.807) is 12.2 Å². The molecule has 1 fully saturated rings. The molecule has 0 saturated carbocycles. The number of hydrogen-bond acceptors (Lipinski definition) is 4. The van der Waals surface area contributed by atoms with E-state index in [2.05, 4.69) is 9.80 Å². The number of benzene rings is 2. The van der Waals surface area contributed by atoms with E-state index in [0.29, 0.717) is 11.1 Å². The van der Waals surface area contributed by atoms with Gasteiger partial charge in [0.2, 0.25) is 0 Å². The van der Waals surface area contributed by atoms with Crippen LogP contribution in [0.15, 0.2) is 73.1 Å². The predicted octanol–water partition coefficient (Wildman–Crippen LogP) is 4.01. The van der Waals surface area contributed by atoms with E-state index in [1.165, 1.54) is 0 Å². The van der Waals surface area contributed by atoms with Crippen molar-refractivity contribution in [1.82, 2.24) is 9.80 Å². The summed E-state index contributed by atoms with van der Waals surface area (Å²) >= 11 is 0. The summed E-state index contributed by atoms with van der Waals surface area (Å²) in [6, 6.07) is 15.2. The van der Waals surface area contributed by atoms with E-state index in [4.69, 9.17) is 0 Å². The molecular formula is C24H26N2O2. The zero-order valence-corrected chi connectivity index (χ0v) is 16.5. The van der Waals surface area contributed by atoms with Crippen molar-refractivity contribution in [3.05, 3.63) is 95.3 Å². The Bertz CT molecular complexity index is 796. The van der Waals surface area contributed by atoms with E-state index in [9.17, 15) is 9.59 Å². The van der Waals surface area contributed by atoms with Gasteiger partial charge in [0.05, 0.1) is 0 Å². The third-order valence-corrected chi connectivity index (χ3v) is 4.89. The molecule has 1 aliphatic heterocycles. The first-order chi connectivity index (χ1) is 13.5. The van der Waals surface area contributed by atoms with Crippen LogP contribution in [0.1, 0.15) is 31.8 Å². The molecule has 144 valence electrons. The maximum Gasteiger partial charge on any atom is 0.187 e. The summed E-state index contributed by atoms with van der Waals surface area (Å²) in [4.78, 5) is 28.7. The first kappa shape index (κ1) is 19.6. The number of carbonyl (C=O) groups excluding carboxylic acids is 2. The molecule has 0 aromatic heterocycles. The Labute approximate surface area is 166 Å². The van der Waals surface area contributed by atoms with E-state index in [1.807, 2.05) is 74.8 Å². The first-order valence-corrected chi connectivity index (χ1v) is 9.58. The minimum absolute atomic E-state index is 0.0195. The van der Waals surface area contributed by atoms with Gasteiger partial charge in [0, 0.05) is 61.9 Å². The van der Waals surface area contributed by atoms with Gasteiger partial charge in [-0.2, -0.15) is 0 Å². The first-order valence-electron chi connectivity index (χ1n) is 9.58. The Hall–Kier alpha value is -3.14. The van der Waals surface area contributed by atoms with Gasteiger partial charge in [0.15, 0.2) is 11.6 Å². The lowest BCUT2D eigenvalue weighted by atomic mass is 10.1. The van der Waals surface area contributed by atoms with Gasteiger partial charge in [0.1, 0.15) is 0 Å². The second-order valence-corrected chi connectivity index (χ2v) is 7.16. The molecule has 4 nitrogen and oxygen atoms in total. The van der Waals surface area contributed by atoms with Gasteiger partial charge in [-0.1, -0.05) is 59.7 Å².